The molecule has 0 radical (unpaired) electrons. The summed E-state index contributed by atoms with van der Waals surface area (Å²) in [5, 5.41) is 3.04. The molecule has 0 unspecified atom stereocenters. The molecule has 130 valence electrons. The van der Waals surface area contributed by atoms with Crippen LogP contribution in [-0.4, -0.2) is 30.0 Å². The van der Waals surface area contributed by atoms with Gasteiger partial charge in [-0.2, -0.15) is 0 Å². The SMILES string of the molecule is Cc1nc2[nH]c(C(=O)N[C@H]3CCC[Si](C)(C)CC3)cc2c(F)c1F. The number of rotatable bonds is 2. The highest BCUT2D eigenvalue weighted by Gasteiger charge is 2.27. The van der Waals surface area contributed by atoms with Crippen molar-refractivity contribution >= 4 is 25.0 Å². The quantitative estimate of drug-likeness (QED) is 0.799. The second-order valence-electron chi connectivity index (χ2n) is 7.54. The minimum Gasteiger partial charge on any atom is -0.348 e. The van der Waals surface area contributed by atoms with E-state index in [1.165, 1.54) is 25.1 Å². The molecule has 1 atom stereocenters. The minimum absolute atomic E-state index is 0.0117. The fraction of sp³-hybridized carbons (Fsp3) is 0.529. The van der Waals surface area contributed by atoms with Crippen LogP contribution in [0, 0.1) is 18.6 Å². The first-order valence-electron chi connectivity index (χ1n) is 8.42. The largest absolute Gasteiger partial charge is 0.348 e. The van der Waals surface area contributed by atoms with Crippen LogP contribution in [0.4, 0.5) is 8.78 Å². The Morgan fingerprint density at radius 1 is 1.29 bits per heavy atom. The van der Waals surface area contributed by atoms with Crippen molar-refractivity contribution in [2.75, 3.05) is 0 Å². The van der Waals surface area contributed by atoms with Gasteiger partial charge in [-0.25, -0.2) is 13.8 Å². The molecule has 0 aliphatic carbocycles. The molecule has 1 fully saturated rings. The summed E-state index contributed by atoms with van der Waals surface area (Å²) >= 11 is 0. The number of halogens is 2. The standard InChI is InChI=1S/C17H23F2N3OSi/c1-10-14(18)15(19)12-9-13(22-16(12)20-10)17(23)21-11-5-4-7-24(2,3)8-6-11/h9,11H,4-8H2,1-3H3,(H,20,22)(H,21,23)/t11-/m0/s1. The van der Waals surface area contributed by atoms with E-state index >= 15 is 0 Å². The first-order valence-corrected chi connectivity index (χ1v) is 11.8. The van der Waals surface area contributed by atoms with E-state index in [-0.39, 0.29) is 34.4 Å². The number of pyridine rings is 1. The Kier molecular flexibility index (Phi) is 4.46. The Labute approximate surface area is 141 Å². The van der Waals surface area contributed by atoms with Crippen LogP contribution in [-0.2, 0) is 0 Å². The highest BCUT2D eigenvalue weighted by atomic mass is 28.3. The number of H-pyrrole nitrogens is 1. The van der Waals surface area contributed by atoms with E-state index in [0.29, 0.717) is 0 Å². The van der Waals surface area contributed by atoms with Crippen LogP contribution in [0.2, 0.25) is 25.2 Å². The molecule has 3 heterocycles. The topological polar surface area (TPSA) is 57.8 Å². The summed E-state index contributed by atoms with van der Waals surface area (Å²) in [6.07, 6.45) is 3.10. The molecule has 1 aliphatic heterocycles. The minimum atomic E-state index is -1.12. The molecule has 1 aliphatic rings. The van der Waals surface area contributed by atoms with Crippen LogP contribution in [0.5, 0.6) is 0 Å². The van der Waals surface area contributed by atoms with Crippen molar-refractivity contribution in [3.63, 3.8) is 0 Å². The van der Waals surface area contributed by atoms with Crippen LogP contribution in [0.3, 0.4) is 0 Å². The van der Waals surface area contributed by atoms with Gasteiger partial charge in [-0.05, 0) is 25.8 Å². The molecule has 2 N–H and O–H groups in total. The normalized spacial score (nSPS) is 20.8. The van der Waals surface area contributed by atoms with Gasteiger partial charge in [-0.1, -0.05) is 31.6 Å². The third kappa shape index (κ3) is 3.36. The van der Waals surface area contributed by atoms with Crippen LogP contribution >= 0.6 is 0 Å². The second kappa shape index (κ2) is 6.27. The molecule has 2 aromatic heterocycles. The van der Waals surface area contributed by atoms with Crippen molar-refractivity contribution in [3.8, 4) is 0 Å². The lowest BCUT2D eigenvalue weighted by Gasteiger charge is -2.19. The number of hydrogen-bond donors (Lipinski definition) is 2. The van der Waals surface area contributed by atoms with E-state index in [1.807, 2.05) is 0 Å². The third-order valence-electron chi connectivity index (χ3n) is 4.98. The van der Waals surface area contributed by atoms with Crippen molar-refractivity contribution in [3.05, 3.63) is 29.1 Å². The molecule has 1 amide bonds. The maximum absolute atomic E-state index is 14.0. The lowest BCUT2D eigenvalue weighted by atomic mass is 10.1. The monoisotopic (exact) mass is 351 g/mol. The van der Waals surface area contributed by atoms with E-state index < -0.39 is 19.7 Å². The van der Waals surface area contributed by atoms with Gasteiger partial charge >= 0.3 is 0 Å². The Bertz CT molecular complexity index is 788. The van der Waals surface area contributed by atoms with Gasteiger partial charge in [0.1, 0.15) is 11.3 Å². The lowest BCUT2D eigenvalue weighted by Crippen LogP contribution is -2.35. The fourth-order valence-electron chi connectivity index (χ4n) is 3.38. The van der Waals surface area contributed by atoms with Gasteiger partial charge in [0.15, 0.2) is 11.6 Å². The lowest BCUT2D eigenvalue weighted by molar-refractivity contribution is 0.0930. The molecule has 0 aromatic carbocycles. The second-order valence-corrected chi connectivity index (χ2v) is 12.9. The summed E-state index contributed by atoms with van der Waals surface area (Å²) in [6.45, 7) is 6.18. The van der Waals surface area contributed by atoms with Gasteiger partial charge in [-0.15, -0.1) is 0 Å². The number of aryl methyl sites for hydroxylation is 1. The number of fused-ring (bicyclic) bond motifs is 1. The zero-order chi connectivity index (χ0) is 17.5. The molecule has 0 spiro atoms. The van der Waals surface area contributed by atoms with E-state index in [1.54, 1.807) is 0 Å². The van der Waals surface area contributed by atoms with Crippen LogP contribution < -0.4 is 5.32 Å². The number of amides is 1. The molecular formula is C17H23F2N3OSi. The van der Waals surface area contributed by atoms with E-state index in [9.17, 15) is 13.6 Å². The molecule has 1 saturated heterocycles. The van der Waals surface area contributed by atoms with Crippen LogP contribution in [0.1, 0.15) is 35.4 Å². The maximum Gasteiger partial charge on any atom is 0.267 e. The van der Waals surface area contributed by atoms with Gasteiger partial charge < -0.3 is 10.3 Å². The van der Waals surface area contributed by atoms with Crippen molar-refractivity contribution in [1.29, 1.82) is 0 Å². The van der Waals surface area contributed by atoms with Crippen molar-refractivity contribution in [2.45, 2.75) is 57.4 Å². The third-order valence-corrected chi connectivity index (χ3v) is 8.33. The zero-order valence-corrected chi connectivity index (χ0v) is 15.3. The average Bonchev–Trinajstić information content (AvgIpc) is 2.86. The summed E-state index contributed by atoms with van der Waals surface area (Å²) in [5.74, 6) is -2.21. The summed E-state index contributed by atoms with van der Waals surface area (Å²) in [7, 11) is -1.12. The first-order chi connectivity index (χ1) is 11.3. The Hall–Kier alpha value is -1.76. The van der Waals surface area contributed by atoms with Crippen LogP contribution in [0.15, 0.2) is 6.07 Å². The highest BCUT2D eigenvalue weighted by molar-refractivity contribution is 6.77. The number of carbonyl (C=O) groups excluding carboxylic acids is 1. The smallest absolute Gasteiger partial charge is 0.267 e. The average molecular weight is 351 g/mol. The van der Waals surface area contributed by atoms with Gasteiger partial charge in [0, 0.05) is 14.1 Å². The Morgan fingerprint density at radius 3 is 2.79 bits per heavy atom. The summed E-state index contributed by atoms with van der Waals surface area (Å²) < 4.78 is 27.6. The molecule has 0 saturated carbocycles. The molecule has 7 heteroatoms. The number of aromatic amines is 1. The number of aromatic nitrogens is 2. The Morgan fingerprint density at radius 2 is 2.04 bits per heavy atom. The van der Waals surface area contributed by atoms with E-state index in [0.717, 1.165) is 19.3 Å². The summed E-state index contributed by atoms with van der Waals surface area (Å²) in [4.78, 5) is 19.2. The highest BCUT2D eigenvalue weighted by Crippen LogP contribution is 2.27. The van der Waals surface area contributed by atoms with Gasteiger partial charge in [0.05, 0.1) is 11.1 Å². The van der Waals surface area contributed by atoms with Crippen molar-refractivity contribution < 1.29 is 13.6 Å². The fourth-order valence-corrected chi connectivity index (χ4v) is 5.93. The summed E-state index contributed by atoms with van der Waals surface area (Å²) in [5.41, 5.74) is 0.401. The van der Waals surface area contributed by atoms with Gasteiger partial charge in [0.25, 0.3) is 5.91 Å². The van der Waals surface area contributed by atoms with E-state index in [4.69, 9.17) is 0 Å². The Balaban J connectivity index is 1.78. The molecule has 24 heavy (non-hydrogen) atoms. The van der Waals surface area contributed by atoms with Crippen LogP contribution in [0.25, 0.3) is 11.0 Å². The first kappa shape index (κ1) is 17.1. The van der Waals surface area contributed by atoms with Gasteiger partial charge in [-0.3, -0.25) is 4.79 Å². The zero-order valence-electron chi connectivity index (χ0n) is 14.3. The molecule has 2 aromatic rings. The molecule has 4 nitrogen and oxygen atoms in total. The summed E-state index contributed by atoms with van der Waals surface area (Å²) in [6, 6.07) is 3.98. The van der Waals surface area contributed by atoms with E-state index in [2.05, 4.69) is 28.4 Å². The molecule has 3 rings (SSSR count). The predicted octanol–water partition coefficient (Wildman–Crippen LogP) is 4.14. The van der Waals surface area contributed by atoms with Crippen molar-refractivity contribution in [1.82, 2.24) is 15.3 Å². The molecule has 0 bridgehead atoms. The number of nitrogens with one attached hydrogen (secondary N) is 2. The predicted molar refractivity (Wildman–Crippen MR) is 92.9 cm³/mol. The number of nitrogens with zero attached hydrogens (tertiary/aromatic N) is 1. The van der Waals surface area contributed by atoms with Crippen molar-refractivity contribution in [2.24, 2.45) is 0 Å². The molecular weight excluding hydrogens is 328 g/mol. The number of hydrogen-bond acceptors (Lipinski definition) is 2. The van der Waals surface area contributed by atoms with Gasteiger partial charge in [0.2, 0.25) is 0 Å². The number of carbonyl (C=O) groups is 1. The maximum atomic E-state index is 14.0.